The minimum absolute atomic E-state index is 0.309. The van der Waals surface area contributed by atoms with Crippen LogP contribution in [0.5, 0.6) is 0 Å². The number of benzene rings is 1. The number of hydrogen-bond donors (Lipinski definition) is 1. The highest BCUT2D eigenvalue weighted by molar-refractivity contribution is 5.29. The molecule has 0 aliphatic carbocycles. The number of nitrogens with two attached hydrogens (primary N) is 1. The van der Waals surface area contributed by atoms with Crippen LogP contribution in [0.3, 0.4) is 0 Å². The van der Waals surface area contributed by atoms with E-state index in [9.17, 15) is 0 Å². The fourth-order valence-corrected chi connectivity index (χ4v) is 2.91. The van der Waals surface area contributed by atoms with Crippen molar-refractivity contribution in [2.24, 2.45) is 5.73 Å². The molecule has 1 unspecified atom stereocenters. The van der Waals surface area contributed by atoms with Gasteiger partial charge in [-0.25, -0.2) is 0 Å². The van der Waals surface area contributed by atoms with Gasteiger partial charge in [-0.3, -0.25) is 4.90 Å². The molecule has 0 bridgehead atoms. The summed E-state index contributed by atoms with van der Waals surface area (Å²) in [6.45, 7) is 4.49. The van der Waals surface area contributed by atoms with Crippen LogP contribution < -0.4 is 5.73 Å². The summed E-state index contributed by atoms with van der Waals surface area (Å²) in [6.07, 6.45) is 0.731. The zero-order chi connectivity index (χ0) is 13.9. The van der Waals surface area contributed by atoms with E-state index in [0.717, 1.165) is 19.5 Å². The molecule has 0 saturated heterocycles. The van der Waals surface area contributed by atoms with E-state index >= 15 is 0 Å². The molecule has 0 spiro atoms. The van der Waals surface area contributed by atoms with Crippen molar-refractivity contribution in [3.63, 3.8) is 0 Å². The van der Waals surface area contributed by atoms with Gasteiger partial charge in [-0.15, -0.1) is 0 Å². The number of ether oxygens (including phenoxy) is 2. The standard InChI is InChI=1S/C15H24N2O2/c1-15(11-16,14(18-2)19-3)17-9-8-12-6-4-5-7-13(12)10-17/h4-7,14H,8-11,16H2,1-3H3. The van der Waals surface area contributed by atoms with Gasteiger partial charge >= 0.3 is 0 Å². The van der Waals surface area contributed by atoms with Crippen LogP contribution in [0.15, 0.2) is 24.3 Å². The molecule has 2 rings (SSSR count). The molecule has 106 valence electrons. The second-order valence-electron chi connectivity index (χ2n) is 5.30. The van der Waals surface area contributed by atoms with Crippen LogP contribution in [0.25, 0.3) is 0 Å². The molecule has 4 heteroatoms. The van der Waals surface area contributed by atoms with Crippen molar-refractivity contribution in [1.82, 2.24) is 4.90 Å². The van der Waals surface area contributed by atoms with Crippen molar-refractivity contribution in [3.8, 4) is 0 Å². The summed E-state index contributed by atoms with van der Waals surface area (Å²) in [5.41, 5.74) is 8.51. The fraction of sp³-hybridized carbons (Fsp3) is 0.600. The zero-order valence-electron chi connectivity index (χ0n) is 12.1. The van der Waals surface area contributed by atoms with Gasteiger partial charge in [-0.1, -0.05) is 24.3 Å². The van der Waals surface area contributed by atoms with Gasteiger partial charge in [0.05, 0.1) is 5.54 Å². The number of rotatable bonds is 5. The molecule has 0 saturated carbocycles. The molecule has 0 radical (unpaired) electrons. The normalized spacial score (nSPS) is 19.2. The molecule has 19 heavy (non-hydrogen) atoms. The minimum atomic E-state index is -0.317. The van der Waals surface area contributed by atoms with E-state index in [1.54, 1.807) is 14.2 Å². The largest absolute Gasteiger partial charge is 0.354 e. The van der Waals surface area contributed by atoms with E-state index in [4.69, 9.17) is 15.2 Å². The van der Waals surface area contributed by atoms with Gasteiger partial charge in [0.15, 0.2) is 6.29 Å². The van der Waals surface area contributed by atoms with E-state index < -0.39 is 0 Å². The number of methoxy groups -OCH3 is 2. The zero-order valence-corrected chi connectivity index (χ0v) is 12.1. The molecule has 0 fully saturated rings. The van der Waals surface area contributed by atoms with E-state index in [-0.39, 0.29) is 11.8 Å². The Bertz CT molecular complexity index is 420. The van der Waals surface area contributed by atoms with Crippen molar-refractivity contribution in [2.75, 3.05) is 27.3 Å². The van der Waals surface area contributed by atoms with Crippen molar-refractivity contribution in [1.29, 1.82) is 0 Å². The van der Waals surface area contributed by atoms with Crippen molar-refractivity contribution in [3.05, 3.63) is 35.4 Å². The molecular weight excluding hydrogens is 240 g/mol. The maximum atomic E-state index is 6.01. The molecule has 1 aliphatic heterocycles. The van der Waals surface area contributed by atoms with Gasteiger partial charge in [-0.2, -0.15) is 0 Å². The Morgan fingerprint density at radius 2 is 1.89 bits per heavy atom. The predicted octanol–water partition coefficient (Wildman–Crippen LogP) is 1.38. The molecule has 1 heterocycles. The van der Waals surface area contributed by atoms with E-state index in [0.29, 0.717) is 6.54 Å². The van der Waals surface area contributed by atoms with Crippen LogP contribution in [0.4, 0.5) is 0 Å². The van der Waals surface area contributed by atoms with Gasteiger partial charge in [0.1, 0.15) is 0 Å². The van der Waals surface area contributed by atoms with Crippen LogP contribution in [-0.4, -0.2) is 44.0 Å². The first-order valence-electron chi connectivity index (χ1n) is 6.73. The number of nitrogens with zero attached hydrogens (tertiary/aromatic N) is 1. The molecule has 0 amide bonds. The lowest BCUT2D eigenvalue weighted by Crippen LogP contribution is -2.61. The van der Waals surface area contributed by atoms with Crippen LogP contribution >= 0.6 is 0 Å². The quantitative estimate of drug-likeness (QED) is 0.816. The molecule has 1 atom stereocenters. The Morgan fingerprint density at radius 3 is 2.47 bits per heavy atom. The van der Waals surface area contributed by atoms with Gasteiger partial charge < -0.3 is 15.2 Å². The Labute approximate surface area is 115 Å². The lowest BCUT2D eigenvalue weighted by Gasteiger charge is -2.46. The minimum Gasteiger partial charge on any atom is -0.354 e. The molecular formula is C15H24N2O2. The highest BCUT2D eigenvalue weighted by atomic mass is 16.7. The van der Waals surface area contributed by atoms with Crippen LogP contribution in [0.1, 0.15) is 18.1 Å². The summed E-state index contributed by atoms with van der Waals surface area (Å²) in [7, 11) is 3.33. The van der Waals surface area contributed by atoms with Gasteiger partial charge in [0.2, 0.25) is 0 Å². The smallest absolute Gasteiger partial charge is 0.176 e. The topological polar surface area (TPSA) is 47.7 Å². The van der Waals surface area contributed by atoms with E-state index in [2.05, 4.69) is 36.1 Å². The monoisotopic (exact) mass is 264 g/mol. The van der Waals surface area contributed by atoms with E-state index in [1.165, 1.54) is 11.1 Å². The maximum Gasteiger partial charge on any atom is 0.176 e. The predicted molar refractivity (Wildman–Crippen MR) is 75.8 cm³/mol. The van der Waals surface area contributed by atoms with Crippen molar-refractivity contribution < 1.29 is 9.47 Å². The van der Waals surface area contributed by atoms with Gasteiger partial charge in [-0.05, 0) is 24.5 Å². The summed E-state index contributed by atoms with van der Waals surface area (Å²) in [4.78, 5) is 2.37. The molecule has 1 aliphatic rings. The summed E-state index contributed by atoms with van der Waals surface area (Å²) >= 11 is 0. The van der Waals surface area contributed by atoms with Crippen molar-refractivity contribution in [2.45, 2.75) is 31.7 Å². The molecule has 1 aromatic rings. The molecule has 0 aromatic heterocycles. The van der Waals surface area contributed by atoms with Crippen LogP contribution in [0.2, 0.25) is 0 Å². The summed E-state index contributed by atoms with van der Waals surface area (Å²) in [6, 6.07) is 8.58. The summed E-state index contributed by atoms with van der Waals surface area (Å²) in [5.74, 6) is 0. The Balaban J connectivity index is 2.22. The first-order chi connectivity index (χ1) is 9.15. The Morgan fingerprint density at radius 1 is 1.26 bits per heavy atom. The first-order valence-corrected chi connectivity index (χ1v) is 6.73. The number of fused-ring (bicyclic) bond motifs is 1. The highest BCUT2D eigenvalue weighted by Gasteiger charge is 2.40. The Hall–Kier alpha value is -0.940. The average molecular weight is 264 g/mol. The summed E-state index contributed by atoms with van der Waals surface area (Å²) < 4.78 is 10.9. The first kappa shape index (κ1) is 14.5. The van der Waals surface area contributed by atoms with Crippen LogP contribution in [-0.2, 0) is 22.4 Å². The molecule has 1 aromatic carbocycles. The third-order valence-electron chi connectivity index (χ3n) is 4.20. The number of hydrogen-bond acceptors (Lipinski definition) is 4. The van der Waals surface area contributed by atoms with E-state index in [1.807, 2.05) is 0 Å². The SMILES string of the molecule is COC(OC)C(C)(CN)N1CCc2ccccc2C1. The second-order valence-corrected chi connectivity index (χ2v) is 5.30. The third kappa shape index (κ3) is 2.67. The fourth-order valence-electron chi connectivity index (χ4n) is 2.91. The average Bonchev–Trinajstić information content (AvgIpc) is 2.47. The van der Waals surface area contributed by atoms with Gasteiger partial charge in [0.25, 0.3) is 0 Å². The van der Waals surface area contributed by atoms with Crippen molar-refractivity contribution >= 4 is 0 Å². The van der Waals surface area contributed by atoms with Gasteiger partial charge in [0, 0.05) is 33.9 Å². The molecule has 2 N–H and O–H groups in total. The Kier molecular flexibility index (Phi) is 4.58. The van der Waals surface area contributed by atoms with Crippen LogP contribution in [0, 0.1) is 0 Å². The third-order valence-corrected chi connectivity index (χ3v) is 4.20. The maximum absolute atomic E-state index is 6.01. The lowest BCUT2D eigenvalue weighted by atomic mass is 9.92. The molecule has 4 nitrogen and oxygen atoms in total. The summed E-state index contributed by atoms with van der Waals surface area (Å²) in [5, 5.41) is 0. The lowest BCUT2D eigenvalue weighted by molar-refractivity contribution is -0.184. The highest BCUT2D eigenvalue weighted by Crippen LogP contribution is 2.28. The second kappa shape index (κ2) is 6.01.